The Morgan fingerprint density at radius 1 is 1.17 bits per heavy atom. The second-order valence-electron chi connectivity index (χ2n) is 7.58. The van der Waals surface area contributed by atoms with E-state index in [0.717, 1.165) is 23.6 Å². The molecule has 8 nitrogen and oxygen atoms in total. The van der Waals surface area contributed by atoms with E-state index in [1.165, 1.54) is 35.4 Å². The summed E-state index contributed by atoms with van der Waals surface area (Å²) in [7, 11) is 0. The van der Waals surface area contributed by atoms with Crippen LogP contribution in [0.15, 0.2) is 48.4 Å². The van der Waals surface area contributed by atoms with Crippen molar-refractivity contribution in [3.63, 3.8) is 0 Å². The number of aromatic nitrogens is 5. The van der Waals surface area contributed by atoms with E-state index in [4.69, 9.17) is 0 Å². The van der Waals surface area contributed by atoms with Gasteiger partial charge in [0.15, 0.2) is 5.78 Å². The van der Waals surface area contributed by atoms with Crippen LogP contribution in [0.5, 0.6) is 0 Å². The summed E-state index contributed by atoms with van der Waals surface area (Å²) in [6.07, 6.45) is 5.02. The molecule has 4 heterocycles. The van der Waals surface area contributed by atoms with Crippen molar-refractivity contribution < 1.29 is 9.18 Å². The number of benzene rings is 1. The molecule has 0 radical (unpaired) electrons. The van der Waals surface area contributed by atoms with Crippen molar-refractivity contribution in [1.29, 1.82) is 0 Å². The molecule has 0 bridgehead atoms. The van der Waals surface area contributed by atoms with Gasteiger partial charge in [-0.05, 0) is 37.6 Å². The molecule has 0 saturated carbocycles. The van der Waals surface area contributed by atoms with Gasteiger partial charge in [0, 0.05) is 37.0 Å². The highest BCUT2D eigenvalue weighted by molar-refractivity contribution is 6.05. The molecule has 0 spiro atoms. The van der Waals surface area contributed by atoms with Crippen LogP contribution in [-0.2, 0) is 0 Å². The summed E-state index contributed by atoms with van der Waals surface area (Å²) in [6.45, 7) is 5.21. The number of carbonyl (C=O) groups excluding carboxylic acids is 1. The van der Waals surface area contributed by atoms with Gasteiger partial charge < -0.3 is 10.2 Å². The van der Waals surface area contributed by atoms with Gasteiger partial charge in [-0.2, -0.15) is 15.0 Å². The Morgan fingerprint density at radius 2 is 1.97 bits per heavy atom. The number of nitrogens with one attached hydrogen (secondary N) is 1. The summed E-state index contributed by atoms with van der Waals surface area (Å²) in [5, 5.41) is 11.5. The maximum Gasteiger partial charge on any atom is 0.186 e. The predicted molar refractivity (Wildman–Crippen MR) is 108 cm³/mol. The van der Waals surface area contributed by atoms with Crippen LogP contribution in [0.2, 0.25) is 0 Å². The van der Waals surface area contributed by atoms with Crippen molar-refractivity contribution in [2.45, 2.75) is 19.9 Å². The second kappa shape index (κ2) is 7.10. The van der Waals surface area contributed by atoms with E-state index in [-0.39, 0.29) is 17.3 Å². The molecule has 5 rings (SSSR count). The molecule has 2 aromatic heterocycles. The zero-order chi connectivity index (χ0) is 20.8. The molecule has 30 heavy (non-hydrogen) atoms. The standard InChI is InChI=1S/C21H20FN7O/c1-12-7-19(27-13(2)26-12)28-10-14-9-23-20(17(14)11-28)21(30)16-8-15(22)3-4-18(16)29-24-5-6-25-29/h3-8,11,14,20,23H,9-10H2,1-2H3. The first-order valence-electron chi connectivity index (χ1n) is 9.74. The first-order chi connectivity index (χ1) is 14.5. The topological polar surface area (TPSA) is 88.8 Å². The number of carbonyl (C=O) groups is 1. The summed E-state index contributed by atoms with van der Waals surface area (Å²) in [5.41, 5.74) is 2.58. The predicted octanol–water partition coefficient (Wildman–Crippen LogP) is 1.99. The van der Waals surface area contributed by atoms with Crippen molar-refractivity contribution in [3.8, 4) is 5.69 Å². The number of nitrogens with zero attached hydrogens (tertiary/aromatic N) is 6. The molecule has 3 aromatic rings. The Hall–Kier alpha value is -3.46. The van der Waals surface area contributed by atoms with Crippen molar-refractivity contribution >= 4 is 11.6 Å². The number of anilines is 1. The molecule has 152 valence electrons. The summed E-state index contributed by atoms with van der Waals surface area (Å²) >= 11 is 0. The highest BCUT2D eigenvalue weighted by Crippen LogP contribution is 2.34. The van der Waals surface area contributed by atoms with Gasteiger partial charge in [0.25, 0.3) is 0 Å². The number of ketones is 1. The van der Waals surface area contributed by atoms with Gasteiger partial charge in [0.2, 0.25) is 0 Å². The van der Waals surface area contributed by atoms with E-state index in [2.05, 4.69) is 30.4 Å². The van der Waals surface area contributed by atoms with Crippen LogP contribution in [0, 0.1) is 25.6 Å². The molecule has 9 heteroatoms. The van der Waals surface area contributed by atoms with Gasteiger partial charge in [0.1, 0.15) is 17.5 Å². The van der Waals surface area contributed by atoms with Gasteiger partial charge in [-0.1, -0.05) is 0 Å². The van der Waals surface area contributed by atoms with Gasteiger partial charge in [-0.15, -0.1) is 0 Å². The summed E-state index contributed by atoms with van der Waals surface area (Å²) in [5.74, 6) is 1.04. The minimum absolute atomic E-state index is 0.189. The fraction of sp³-hybridized carbons (Fsp3) is 0.286. The first-order valence-corrected chi connectivity index (χ1v) is 9.74. The van der Waals surface area contributed by atoms with Crippen molar-refractivity contribution in [2.75, 3.05) is 18.0 Å². The third kappa shape index (κ3) is 3.17. The Labute approximate surface area is 172 Å². The Morgan fingerprint density at radius 3 is 2.73 bits per heavy atom. The molecule has 2 aliphatic rings. The lowest BCUT2D eigenvalue weighted by molar-refractivity contribution is 0.0965. The number of hydrogen-bond acceptors (Lipinski definition) is 7. The first kappa shape index (κ1) is 18.6. The van der Waals surface area contributed by atoms with Crippen LogP contribution in [0.3, 0.4) is 0 Å². The van der Waals surface area contributed by atoms with Crippen LogP contribution in [0.25, 0.3) is 5.69 Å². The maximum absolute atomic E-state index is 14.0. The highest BCUT2D eigenvalue weighted by atomic mass is 19.1. The van der Waals surface area contributed by atoms with E-state index >= 15 is 0 Å². The fourth-order valence-corrected chi connectivity index (χ4v) is 4.18. The maximum atomic E-state index is 14.0. The Balaban J connectivity index is 1.49. The molecule has 1 saturated heterocycles. The fourth-order valence-electron chi connectivity index (χ4n) is 4.18. The van der Waals surface area contributed by atoms with E-state index in [0.29, 0.717) is 18.1 Å². The Bertz CT molecular complexity index is 1140. The molecule has 2 unspecified atom stereocenters. The minimum Gasteiger partial charge on any atom is -0.332 e. The molecule has 2 aliphatic heterocycles. The zero-order valence-electron chi connectivity index (χ0n) is 16.6. The summed E-state index contributed by atoms with van der Waals surface area (Å²) < 4.78 is 14.0. The summed E-state index contributed by atoms with van der Waals surface area (Å²) in [4.78, 5) is 25.7. The van der Waals surface area contributed by atoms with Crippen molar-refractivity contribution in [3.05, 3.63) is 71.3 Å². The van der Waals surface area contributed by atoms with E-state index in [9.17, 15) is 9.18 Å². The number of halogens is 1. The lowest BCUT2D eigenvalue weighted by Gasteiger charge is -2.18. The minimum atomic E-state index is -0.528. The molecular weight excluding hydrogens is 385 g/mol. The lowest BCUT2D eigenvalue weighted by Crippen LogP contribution is -2.33. The van der Waals surface area contributed by atoms with Crippen molar-refractivity contribution in [1.82, 2.24) is 30.3 Å². The van der Waals surface area contributed by atoms with Gasteiger partial charge in [0.05, 0.1) is 29.7 Å². The average Bonchev–Trinajstić information content (AvgIpc) is 3.43. The largest absolute Gasteiger partial charge is 0.332 e. The molecule has 2 atom stereocenters. The second-order valence-corrected chi connectivity index (χ2v) is 7.58. The number of hydrogen-bond donors (Lipinski definition) is 1. The van der Waals surface area contributed by atoms with Crippen LogP contribution < -0.4 is 10.2 Å². The van der Waals surface area contributed by atoms with Gasteiger partial charge in [-0.3, -0.25) is 4.79 Å². The third-order valence-electron chi connectivity index (χ3n) is 5.46. The molecule has 1 fully saturated rings. The van der Waals surface area contributed by atoms with Gasteiger partial charge in [-0.25, -0.2) is 14.4 Å². The highest BCUT2D eigenvalue weighted by Gasteiger charge is 2.40. The van der Waals surface area contributed by atoms with Crippen LogP contribution in [0.4, 0.5) is 10.2 Å². The average molecular weight is 405 g/mol. The SMILES string of the molecule is Cc1cc(N2C=C3C(CNC3C(=O)c3cc(F)ccc3-n3nccn3)C2)nc(C)n1. The molecule has 1 N–H and O–H groups in total. The van der Waals surface area contributed by atoms with Crippen LogP contribution in [-0.4, -0.2) is 49.9 Å². The number of rotatable bonds is 4. The summed E-state index contributed by atoms with van der Waals surface area (Å²) in [6, 6.07) is 5.48. The Kier molecular flexibility index (Phi) is 4.39. The third-order valence-corrected chi connectivity index (χ3v) is 5.46. The molecule has 0 aliphatic carbocycles. The van der Waals surface area contributed by atoms with E-state index in [1.54, 1.807) is 0 Å². The zero-order valence-corrected chi connectivity index (χ0v) is 16.6. The lowest BCUT2D eigenvalue weighted by atomic mass is 9.94. The monoisotopic (exact) mass is 405 g/mol. The van der Waals surface area contributed by atoms with Gasteiger partial charge >= 0.3 is 0 Å². The number of aryl methyl sites for hydroxylation is 2. The van der Waals surface area contributed by atoms with E-state index < -0.39 is 11.9 Å². The molecule has 1 aromatic carbocycles. The quantitative estimate of drug-likeness (QED) is 0.664. The van der Waals surface area contributed by atoms with Crippen LogP contribution >= 0.6 is 0 Å². The number of fused-ring (bicyclic) bond motifs is 1. The smallest absolute Gasteiger partial charge is 0.186 e. The van der Waals surface area contributed by atoms with Crippen molar-refractivity contribution in [2.24, 2.45) is 5.92 Å². The number of Topliss-reactive ketones (excluding diaryl/α,β-unsaturated/α-hetero) is 1. The molecular formula is C21H20FN7O. The normalized spacial score (nSPS) is 20.4. The van der Waals surface area contributed by atoms with Crippen LogP contribution in [0.1, 0.15) is 21.9 Å². The molecule has 0 amide bonds. The van der Waals surface area contributed by atoms with E-state index in [1.807, 2.05) is 26.1 Å².